The third-order valence-corrected chi connectivity index (χ3v) is 5.59. The number of aryl methyl sites for hydroxylation is 1. The Morgan fingerprint density at radius 1 is 1.07 bits per heavy atom. The van der Waals surface area contributed by atoms with E-state index in [9.17, 15) is 4.79 Å². The van der Waals surface area contributed by atoms with Crippen molar-refractivity contribution in [2.45, 2.75) is 31.9 Å². The molecule has 3 aromatic rings. The maximum Gasteiger partial charge on any atom is 0.277 e. The molecule has 0 spiro atoms. The molecule has 0 bridgehead atoms. The Morgan fingerprint density at radius 2 is 1.82 bits per heavy atom. The van der Waals surface area contributed by atoms with Crippen LogP contribution in [0.3, 0.4) is 0 Å². The molecule has 0 aliphatic heterocycles. The van der Waals surface area contributed by atoms with Gasteiger partial charge in [-0.3, -0.25) is 4.79 Å². The van der Waals surface area contributed by atoms with E-state index in [0.717, 1.165) is 35.2 Å². The van der Waals surface area contributed by atoms with E-state index in [2.05, 4.69) is 15.5 Å². The lowest BCUT2D eigenvalue weighted by Crippen LogP contribution is -2.17. The molecule has 0 saturated carbocycles. The molecule has 1 heterocycles. The lowest BCUT2D eigenvalue weighted by atomic mass is 10.0. The summed E-state index contributed by atoms with van der Waals surface area (Å²) in [7, 11) is 0. The highest BCUT2D eigenvalue weighted by atomic mass is 35.5. The SMILES string of the molecule is CCc1ccc(Cl)c(CC)c1NC(=O)CSc1nnc(-c2ccc(Cl)cc2)o1. The molecule has 1 amide bonds. The molecule has 1 aromatic heterocycles. The number of anilines is 1. The summed E-state index contributed by atoms with van der Waals surface area (Å²) in [4.78, 5) is 12.5. The maximum absolute atomic E-state index is 12.5. The van der Waals surface area contributed by atoms with E-state index < -0.39 is 0 Å². The number of thioether (sulfide) groups is 1. The fraction of sp³-hybridized carbons (Fsp3) is 0.250. The van der Waals surface area contributed by atoms with Crippen molar-refractivity contribution in [2.75, 3.05) is 11.1 Å². The number of hydrogen-bond acceptors (Lipinski definition) is 5. The summed E-state index contributed by atoms with van der Waals surface area (Å²) < 4.78 is 5.62. The molecule has 0 saturated heterocycles. The third-order valence-electron chi connectivity index (χ3n) is 4.17. The highest BCUT2D eigenvalue weighted by Crippen LogP contribution is 2.30. The first kappa shape index (κ1) is 20.7. The number of nitrogens with zero attached hydrogens (tertiary/aromatic N) is 2. The van der Waals surface area contributed by atoms with Gasteiger partial charge >= 0.3 is 0 Å². The van der Waals surface area contributed by atoms with E-state index in [4.69, 9.17) is 27.6 Å². The summed E-state index contributed by atoms with van der Waals surface area (Å²) in [6.07, 6.45) is 1.55. The molecule has 0 aliphatic rings. The molecule has 5 nitrogen and oxygen atoms in total. The van der Waals surface area contributed by atoms with Gasteiger partial charge in [-0.05, 0) is 54.3 Å². The Kier molecular flexibility index (Phi) is 6.99. The zero-order chi connectivity index (χ0) is 20.1. The lowest BCUT2D eigenvalue weighted by Gasteiger charge is -2.15. The van der Waals surface area contributed by atoms with Crippen LogP contribution in [0.2, 0.25) is 10.0 Å². The number of hydrogen-bond donors (Lipinski definition) is 1. The Labute approximate surface area is 177 Å². The van der Waals surface area contributed by atoms with Gasteiger partial charge in [0, 0.05) is 21.3 Å². The van der Waals surface area contributed by atoms with E-state index in [-0.39, 0.29) is 11.7 Å². The Balaban J connectivity index is 1.66. The Morgan fingerprint density at radius 3 is 2.50 bits per heavy atom. The zero-order valence-electron chi connectivity index (χ0n) is 15.5. The van der Waals surface area contributed by atoms with Gasteiger partial charge in [-0.1, -0.05) is 54.9 Å². The predicted molar refractivity (Wildman–Crippen MR) is 114 cm³/mol. The molecule has 0 radical (unpaired) electrons. The van der Waals surface area contributed by atoms with Gasteiger partial charge in [0.25, 0.3) is 5.22 Å². The van der Waals surface area contributed by atoms with Crippen LogP contribution < -0.4 is 5.32 Å². The van der Waals surface area contributed by atoms with Crippen LogP contribution in [0, 0.1) is 0 Å². The number of halogens is 2. The van der Waals surface area contributed by atoms with E-state index >= 15 is 0 Å². The van der Waals surface area contributed by atoms with Crippen molar-refractivity contribution in [2.24, 2.45) is 0 Å². The van der Waals surface area contributed by atoms with Crippen LogP contribution in [0.25, 0.3) is 11.5 Å². The normalized spacial score (nSPS) is 10.9. The number of carbonyl (C=O) groups excluding carboxylic acids is 1. The maximum atomic E-state index is 12.5. The molecule has 2 aromatic carbocycles. The molecular formula is C20H19Cl2N3O2S. The smallest absolute Gasteiger partial charge is 0.277 e. The fourth-order valence-corrected chi connectivity index (χ4v) is 3.73. The molecular weight excluding hydrogens is 417 g/mol. The van der Waals surface area contributed by atoms with Crippen molar-refractivity contribution in [1.29, 1.82) is 0 Å². The van der Waals surface area contributed by atoms with Crippen LogP contribution in [0.5, 0.6) is 0 Å². The standard InChI is InChI=1S/C20H19Cl2N3O2S/c1-3-12-7-10-16(22)15(4-2)18(12)23-17(26)11-28-20-25-24-19(27-20)13-5-8-14(21)9-6-13/h5-10H,3-4,11H2,1-2H3,(H,23,26). The van der Waals surface area contributed by atoms with Gasteiger partial charge in [0.05, 0.1) is 5.75 Å². The summed E-state index contributed by atoms with van der Waals surface area (Å²) in [6.45, 7) is 4.06. The third kappa shape index (κ3) is 4.87. The number of benzene rings is 2. The number of carbonyl (C=O) groups is 1. The second-order valence-corrected chi connectivity index (χ2v) is 7.75. The van der Waals surface area contributed by atoms with Gasteiger partial charge < -0.3 is 9.73 Å². The van der Waals surface area contributed by atoms with E-state index in [1.54, 1.807) is 24.3 Å². The summed E-state index contributed by atoms with van der Waals surface area (Å²) in [5.74, 6) is 0.389. The molecule has 3 rings (SSSR count). The van der Waals surface area contributed by atoms with Crippen molar-refractivity contribution in [3.63, 3.8) is 0 Å². The van der Waals surface area contributed by atoms with Crippen LogP contribution in [-0.4, -0.2) is 21.9 Å². The molecule has 8 heteroatoms. The number of rotatable bonds is 7. The van der Waals surface area contributed by atoms with Crippen LogP contribution in [0.1, 0.15) is 25.0 Å². The first-order valence-corrected chi connectivity index (χ1v) is 10.6. The van der Waals surface area contributed by atoms with E-state index in [0.29, 0.717) is 21.2 Å². The monoisotopic (exact) mass is 435 g/mol. The van der Waals surface area contributed by atoms with Crippen molar-refractivity contribution < 1.29 is 9.21 Å². The molecule has 0 fully saturated rings. The minimum absolute atomic E-state index is 0.150. The van der Waals surface area contributed by atoms with Crippen LogP contribution in [0.15, 0.2) is 46.0 Å². The van der Waals surface area contributed by atoms with Gasteiger partial charge in [-0.15, -0.1) is 10.2 Å². The second kappa shape index (κ2) is 9.45. The first-order valence-electron chi connectivity index (χ1n) is 8.84. The topological polar surface area (TPSA) is 68.0 Å². The summed E-state index contributed by atoms with van der Waals surface area (Å²) in [5.41, 5.74) is 3.58. The van der Waals surface area contributed by atoms with Gasteiger partial charge in [-0.25, -0.2) is 0 Å². The summed E-state index contributed by atoms with van der Waals surface area (Å²) in [5, 5.41) is 12.6. The minimum atomic E-state index is -0.150. The molecule has 146 valence electrons. The van der Waals surface area contributed by atoms with E-state index in [1.165, 1.54) is 11.8 Å². The van der Waals surface area contributed by atoms with Gasteiger partial charge in [-0.2, -0.15) is 0 Å². The van der Waals surface area contributed by atoms with Crippen molar-refractivity contribution in [3.05, 3.63) is 57.6 Å². The summed E-state index contributed by atoms with van der Waals surface area (Å²) >= 11 is 13.4. The quantitative estimate of drug-likeness (QED) is 0.467. The van der Waals surface area contributed by atoms with Crippen molar-refractivity contribution in [3.8, 4) is 11.5 Å². The largest absolute Gasteiger partial charge is 0.411 e. The summed E-state index contributed by atoms with van der Waals surface area (Å²) in [6, 6.07) is 10.9. The number of aromatic nitrogens is 2. The lowest BCUT2D eigenvalue weighted by molar-refractivity contribution is -0.113. The predicted octanol–water partition coefficient (Wildman–Crippen LogP) is 5.90. The minimum Gasteiger partial charge on any atom is -0.411 e. The Bertz CT molecular complexity index is 974. The van der Waals surface area contributed by atoms with Crippen molar-refractivity contribution in [1.82, 2.24) is 10.2 Å². The van der Waals surface area contributed by atoms with Gasteiger partial charge in [0.1, 0.15) is 0 Å². The Hall–Kier alpha value is -2.02. The number of nitrogens with one attached hydrogen (secondary N) is 1. The zero-order valence-corrected chi connectivity index (χ0v) is 17.8. The molecule has 1 N–H and O–H groups in total. The van der Waals surface area contributed by atoms with Crippen LogP contribution in [0.4, 0.5) is 5.69 Å². The van der Waals surface area contributed by atoms with Crippen LogP contribution >= 0.6 is 35.0 Å². The average molecular weight is 436 g/mol. The van der Waals surface area contributed by atoms with Gasteiger partial charge in [0.15, 0.2) is 0 Å². The highest BCUT2D eigenvalue weighted by Gasteiger charge is 2.15. The molecule has 28 heavy (non-hydrogen) atoms. The molecule has 0 atom stereocenters. The molecule has 0 unspecified atom stereocenters. The highest BCUT2D eigenvalue weighted by molar-refractivity contribution is 7.99. The average Bonchev–Trinajstić information content (AvgIpc) is 3.16. The van der Waals surface area contributed by atoms with E-state index in [1.807, 2.05) is 26.0 Å². The first-order chi connectivity index (χ1) is 13.5. The van der Waals surface area contributed by atoms with Crippen LogP contribution in [-0.2, 0) is 17.6 Å². The van der Waals surface area contributed by atoms with Crippen molar-refractivity contribution >= 4 is 46.6 Å². The fourth-order valence-electron chi connectivity index (χ4n) is 2.75. The number of amides is 1. The second-order valence-electron chi connectivity index (χ2n) is 5.98. The molecule has 0 aliphatic carbocycles. The van der Waals surface area contributed by atoms with Gasteiger partial charge in [0.2, 0.25) is 11.8 Å².